The molecule has 0 spiro atoms. The van der Waals surface area contributed by atoms with Crippen molar-refractivity contribution in [2.24, 2.45) is 0 Å². The van der Waals surface area contributed by atoms with E-state index in [2.05, 4.69) is 37.1 Å². The minimum Gasteiger partial charge on any atom is -0.369 e. The Balaban J connectivity index is 1.51. The van der Waals surface area contributed by atoms with E-state index < -0.39 is 11.6 Å². The molecule has 0 radical (unpaired) electrons. The fourth-order valence-corrected chi connectivity index (χ4v) is 3.62. The molecule has 164 valence electrons. The van der Waals surface area contributed by atoms with Gasteiger partial charge >= 0.3 is 0 Å². The van der Waals surface area contributed by atoms with E-state index in [-0.39, 0.29) is 23.4 Å². The van der Waals surface area contributed by atoms with E-state index in [9.17, 15) is 8.78 Å². The highest BCUT2D eigenvalue weighted by atomic mass is 19.1. The molecule has 7 nitrogen and oxygen atoms in total. The average Bonchev–Trinajstić information content (AvgIpc) is 3.27. The lowest BCUT2D eigenvalue weighted by molar-refractivity contribution is 0.271. The number of nitrogens with zero attached hydrogens (tertiary/aromatic N) is 6. The molecular weight excluding hydrogens is 400 g/mol. The molecule has 31 heavy (non-hydrogen) atoms. The van der Waals surface area contributed by atoms with Crippen LogP contribution in [-0.4, -0.2) is 57.4 Å². The van der Waals surface area contributed by atoms with Gasteiger partial charge in [0.05, 0.1) is 18.1 Å². The van der Waals surface area contributed by atoms with Crippen LogP contribution in [0.15, 0.2) is 36.8 Å². The van der Waals surface area contributed by atoms with E-state index in [1.165, 1.54) is 6.07 Å². The van der Waals surface area contributed by atoms with Crippen molar-refractivity contribution in [2.75, 3.05) is 42.9 Å². The minimum atomic E-state index is -0.559. The zero-order valence-corrected chi connectivity index (χ0v) is 18.0. The molecule has 1 fully saturated rings. The van der Waals surface area contributed by atoms with Gasteiger partial charge in [0.2, 0.25) is 5.95 Å². The van der Waals surface area contributed by atoms with Crippen LogP contribution in [0.5, 0.6) is 0 Å². The van der Waals surface area contributed by atoms with Crippen molar-refractivity contribution < 1.29 is 8.78 Å². The Morgan fingerprint density at radius 2 is 1.84 bits per heavy atom. The van der Waals surface area contributed by atoms with Crippen molar-refractivity contribution in [1.29, 1.82) is 0 Å². The van der Waals surface area contributed by atoms with E-state index in [0.717, 1.165) is 44.6 Å². The van der Waals surface area contributed by atoms with Gasteiger partial charge in [-0.15, -0.1) is 0 Å². The lowest BCUT2D eigenvalue weighted by Crippen LogP contribution is -2.46. The van der Waals surface area contributed by atoms with Gasteiger partial charge in [-0.3, -0.25) is 4.68 Å². The van der Waals surface area contributed by atoms with Crippen LogP contribution in [0.25, 0.3) is 11.3 Å². The summed E-state index contributed by atoms with van der Waals surface area (Å²) in [4.78, 5) is 12.8. The summed E-state index contributed by atoms with van der Waals surface area (Å²) < 4.78 is 30.8. The number of rotatable bonds is 6. The van der Waals surface area contributed by atoms with Crippen LogP contribution in [0, 0.1) is 11.6 Å². The van der Waals surface area contributed by atoms with Crippen molar-refractivity contribution in [3.05, 3.63) is 48.4 Å². The zero-order chi connectivity index (χ0) is 22.0. The molecule has 0 bridgehead atoms. The third kappa shape index (κ3) is 4.66. The molecule has 0 amide bonds. The van der Waals surface area contributed by atoms with Crippen LogP contribution < -0.4 is 10.2 Å². The number of piperazine rings is 1. The highest BCUT2D eigenvalue weighted by molar-refractivity contribution is 5.63. The SMILES string of the molecule is CCN1CCN(c2ccc(Nc3ncc(F)c(-c4cnn(C(C)C)c4)n3)c(F)c2)CC1. The van der Waals surface area contributed by atoms with Gasteiger partial charge in [0.1, 0.15) is 11.5 Å². The van der Waals surface area contributed by atoms with Crippen LogP contribution in [0.1, 0.15) is 26.8 Å². The quantitative estimate of drug-likeness (QED) is 0.640. The molecule has 0 unspecified atom stereocenters. The highest BCUT2D eigenvalue weighted by Crippen LogP contribution is 2.27. The molecule has 0 saturated carbocycles. The van der Waals surface area contributed by atoms with Gasteiger partial charge in [0, 0.05) is 49.7 Å². The van der Waals surface area contributed by atoms with Crippen molar-refractivity contribution in [2.45, 2.75) is 26.8 Å². The maximum Gasteiger partial charge on any atom is 0.228 e. The van der Waals surface area contributed by atoms with E-state index >= 15 is 0 Å². The van der Waals surface area contributed by atoms with Gasteiger partial charge in [-0.1, -0.05) is 6.92 Å². The summed E-state index contributed by atoms with van der Waals surface area (Å²) in [5, 5.41) is 7.09. The van der Waals surface area contributed by atoms with E-state index in [1.807, 2.05) is 19.9 Å². The summed E-state index contributed by atoms with van der Waals surface area (Å²) in [7, 11) is 0. The van der Waals surface area contributed by atoms with Gasteiger partial charge in [-0.25, -0.2) is 18.7 Å². The topological polar surface area (TPSA) is 62.1 Å². The number of aromatic nitrogens is 4. The molecule has 1 aliphatic heterocycles. The normalized spacial score (nSPS) is 15.0. The second kappa shape index (κ2) is 8.97. The Morgan fingerprint density at radius 1 is 1.06 bits per heavy atom. The Hall–Kier alpha value is -3.07. The molecule has 1 aliphatic rings. The first-order chi connectivity index (χ1) is 14.9. The van der Waals surface area contributed by atoms with Crippen molar-refractivity contribution in [3.63, 3.8) is 0 Å². The fraction of sp³-hybridized carbons (Fsp3) is 0.409. The molecule has 4 rings (SSSR count). The summed E-state index contributed by atoms with van der Waals surface area (Å²) in [6.45, 7) is 10.8. The molecule has 9 heteroatoms. The minimum absolute atomic E-state index is 0.121. The molecule has 3 aromatic rings. The van der Waals surface area contributed by atoms with E-state index in [4.69, 9.17) is 0 Å². The van der Waals surface area contributed by atoms with Crippen LogP contribution >= 0.6 is 0 Å². The number of nitrogens with one attached hydrogen (secondary N) is 1. The first-order valence-corrected chi connectivity index (χ1v) is 10.6. The van der Waals surface area contributed by atoms with Crippen LogP contribution in [0.4, 0.5) is 26.1 Å². The largest absolute Gasteiger partial charge is 0.369 e. The number of benzene rings is 1. The maximum atomic E-state index is 14.8. The average molecular weight is 428 g/mol. The monoisotopic (exact) mass is 427 g/mol. The number of likely N-dealkylation sites (N-methyl/N-ethyl adjacent to an activating group) is 1. The number of hydrogen-bond acceptors (Lipinski definition) is 6. The molecule has 2 aromatic heterocycles. The van der Waals surface area contributed by atoms with Crippen LogP contribution in [-0.2, 0) is 0 Å². The second-order valence-electron chi connectivity index (χ2n) is 7.90. The Labute approximate surface area is 180 Å². The summed E-state index contributed by atoms with van der Waals surface area (Å²) >= 11 is 0. The molecule has 1 aromatic carbocycles. The maximum absolute atomic E-state index is 14.8. The summed E-state index contributed by atoms with van der Waals surface area (Å²) in [6, 6.07) is 5.21. The molecule has 0 atom stereocenters. The molecule has 1 N–H and O–H groups in total. The first kappa shape index (κ1) is 21.2. The number of hydrogen-bond donors (Lipinski definition) is 1. The third-order valence-electron chi connectivity index (χ3n) is 5.53. The Bertz CT molecular complexity index is 1040. The second-order valence-corrected chi connectivity index (χ2v) is 7.90. The molecule has 0 aliphatic carbocycles. The predicted octanol–water partition coefficient (Wildman–Crippen LogP) is 4.08. The van der Waals surface area contributed by atoms with Gasteiger partial charge in [0.25, 0.3) is 0 Å². The van der Waals surface area contributed by atoms with Crippen LogP contribution in [0.2, 0.25) is 0 Å². The fourth-order valence-electron chi connectivity index (χ4n) is 3.62. The summed E-state index contributed by atoms with van der Waals surface area (Å²) in [5.41, 5.74) is 1.75. The summed E-state index contributed by atoms with van der Waals surface area (Å²) in [6.07, 6.45) is 4.37. The summed E-state index contributed by atoms with van der Waals surface area (Å²) in [5.74, 6) is -0.842. The van der Waals surface area contributed by atoms with E-state index in [1.54, 1.807) is 23.1 Å². The molecular formula is C22H27F2N7. The lowest BCUT2D eigenvalue weighted by Gasteiger charge is -2.35. The van der Waals surface area contributed by atoms with Gasteiger partial charge in [-0.2, -0.15) is 5.10 Å². The van der Waals surface area contributed by atoms with Gasteiger partial charge in [-0.05, 0) is 38.6 Å². The Morgan fingerprint density at radius 3 is 2.48 bits per heavy atom. The highest BCUT2D eigenvalue weighted by Gasteiger charge is 2.18. The van der Waals surface area contributed by atoms with Gasteiger partial charge in [0.15, 0.2) is 5.82 Å². The number of halogens is 2. The lowest BCUT2D eigenvalue weighted by atomic mass is 10.2. The number of anilines is 3. The first-order valence-electron chi connectivity index (χ1n) is 10.6. The predicted molar refractivity (Wildman–Crippen MR) is 118 cm³/mol. The molecule has 3 heterocycles. The third-order valence-corrected chi connectivity index (χ3v) is 5.53. The smallest absolute Gasteiger partial charge is 0.228 e. The van der Waals surface area contributed by atoms with Crippen molar-refractivity contribution >= 4 is 17.3 Å². The molecule has 1 saturated heterocycles. The van der Waals surface area contributed by atoms with E-state index in [0.29, 0.717) is 5.56 Å². The van der Waals surface area contributed by atoms with Gasteiger partial charge < -0.3 is 15.1 Å². The van der Waals surface area contributed by atoms with Crippen LogP contribution in [0.3, 0.4) is 0 Å². The zero-order valence-electron chi connectivity index (χ0n) is 18.0. The standard InChI is InChI=1S/C22H27F2N7/c1-4-29-7-9-30(10-8-29)17-5-6-20(18(23)11-17)27-22-25-13-19(24)21(28-22)16-12-26-31(14-16)15(2)3/h5-6,11-15H,4,7-10H2,1-3H3,(H,25,27,28). The van der Waals surface area contributed by atoms with Crippen molar-refractivity contribution in [3.8, 4) is 11.3 Å². The van der Waals surface area contributed by atoms with Crippen molar-refractivity contribution in [1.82, 2.24) is 24.6 Å². The Kier molecular flexibility index (Phi) is 6.13.